The zero-order valence-corrected chi connectivity index (χ0v) is 15.2. The molecular weight excluding hydrogens is 371 g/mol. The van der Waals surface area contributed by atoms with E-state index in [0.29, 0.717) is 18.7 Å². The predicted molar refractivity (Wildman–Crippen MR) is 96.3 cm³/mol. The highest BCUT2D eigenvalue weighted by Gasteiger charge is 2.15. The fourth-order valence-electron chi connectivity index (χ4n) is 1.91. The molecule has 0 aliphatic carbocycles. The minimum absolute atomic E-state index is 0.134. The van der Waals surface area contributed by atoms with E-state index in [1.54, 1.807) is 18.2 Å². The highest BCUT2D eigenvalue weighted by molar-refractivity contribution is 7.89. The fourth-order valence-corrected chi connectivity index (χ4v) is 3.44. The lowest BCUT2D eigenvalue weighted by Gasteiger charge is -2.09. The highest BCUT2D eigenvalue weighted by Crippen LogP contribution is 2.26. The second kappa shape index (κ2) is 7.98. The SMILES string of the molecule is CCCNS(=O)(=O)c1ccc(NC(=O)c2cccc(Cl)c2Cl)cc1. The van der Waals surface area contributed by atoms with E-state index >= 15 is 0 Å². The van der Waals surface area contributed by atoms with E-state index in [0.717, 1.165) is 0 Å². The molecule has 0 fully saturated rings. The normalized spacial score (nSPS) is 11.3. The first kappa shape index (κ1) is 18.7. The average Bonchev–Trinajstić information content (AvgIpc) is 2.56. The fraction of sp³-hybridized carbons (Fsp3) is 0.188. The molecule has 8 heteroatoms. The Labute approximate surface area is 151 Å². The first-order chi connectivity index (χ1) is 11.3. The Kier molecular flexibility index (Phi) is 6.23. The van der Waals surface area contributed by atoms with Gasteiger partial charge in [-0.15, -0.1) is 0 Å². The largest absolute Gasteiger partial charge is 0.322 e. The molecule has 128 valence electrons. The molecule has 2 aromatic carbocycles. The number of anilines is 1. The van der Waals surface area contributed by atoms with Crippen LogP contribution in [0.4, 0.5) is 5.69 Å². The number of carbonyl (C=O) groups is 1. The number of sulfonamides is 1. The molecule has 0 aliphatic heterocycles. The number of nitrogens with one attached hydrogen (secondary N) is 2. The molecule has 2 aromatic rings. The maximum atomic E-state index is 12.2. The third kappa shape index (κ3) is 4.48. The predicted octanol–water partition coefficient (Wildman–Crippen LogP) is 3.93. The zero-order chi connectivity index (χ0) is 17.7. The van der Waals surface area contributed by atoms with Crippen LogP contribution in [0, 0.1) is 0 Å². The molecule has 0 aliphatic rings. The van der Waals surface area contributed by atoms with Gasteiger partial charge in [0.1, 0.15) is 0 Å². The number of hydrogen-bond acceptors (Lipinski definition) is 3. The molecule has 0 saturated heterocycles. The number of carbonyl (C=O) groups excluding carboxylic acids is 1. The molecule has 0 heterocycles. The van der Waals surface area contributed by atoms with Crippen LogP contribution in [-0.2, 0) is 10.0 Å². The lowest BCUT2D eigenvalue weighted by atomic mass is 10.2. The third-order valence-corrected chi connectivity index (χ3v) is 5.46. The van der Waals surface area contributed by atoms with Gasteiger partial charge in [-0.05, 0) is 42.8 Å². The minimum Gasteiger partial charge on any atom is -0.322 e. The molecule has 1 amide bonds. The van der Waals surface area contributed by atoms with E-state index in [2.05, 4.69) is 10.0 Å². The Bertz CT molecular complexity index is 837. The van der Waals surface area contributed by atoms with E-state index in [1.807, 2.05) is 6.92 Å². The molecule has 2 N–H and O–H groups in total. The number of hydrogen-bond donors (Lipinski definition) is 2. The lowest BCUT2D eigenvalue weighted by molar-refractivity contribution is 0.102. The maximum absolute atomic E-state index is 12.2. The van der Waals surface area contributed by atoms with Gasteiger partial charge in [-0.1, -0.05) is 36.2 Å². The van der Waals surface area contributed by atoms with Gasteiger partial charge in [-0.2, -0.15) is 0 Å². The van der Waals surface area contributed by atoms with Crippen molar-refractivity contribution in [3.05, 3.63) is 58.1 Å². The Balaban J connectivity index is 2.14. The molecule has 0 saturated carbocycles. The Morgan fingerprint density at radius 3 is 2.38 bits per heavy atom. The van der Waals surface area contributed by atoms with Gasteiger partial charge in [0.05, 0.1) is 20.5 Å². The summed E-state index contributed by atoms with van der Waals surface area (Å²) in [5.41, 5.74) is 0.691. The molecule has 0 aromatic heterocycles. The van der Waals surface area contributed by atoms with E-state index in [9.17, 15) is 13.2 Å². The van der Waals surface area contributed by atoms with Crippen molar-refractivity contribution in [2.75, 3.05) is 11.9 Å². The number of halogens is 2. The summed E-state index contributed by atoms with van der Waals surface area (Å²) in [6.45, 7) is 2.25. The topological polar surface area (TPSA) is 75.3 Å². The van der Waals surface area contributed by atoms with Crippen molar-refractivity contribution in [3.63, 3.8) is 0 Å². The van der Waals surface area contributed by atoms with Crippen molar-refractivity contribution in [2.45, 2.75) is 18.2 Å². The second-order valence-corrected chi connectivity index (χ2v) is 7.53. The maximum Gasteiger partial charge on any atom is 0.257 e. The standard InChI is InChI=1S/C16H16Cl2N2O3S/c1-2-10-19-24(22,23)12-8-6-11(7-9-12)20-16(21)13-4-3-5-14(17)15(13)18/h3-9,19H,2,10H2,1H3,(H,20,21). The van der Waals surface area contributed by atoms with E-state index in [1.165, 1.54) is 24.3 Å². The van der Waals surface area contributed by atoms with Crippen LogP contribution in [0.3, 0.4) is 0 Å². The minimum atomic E-state index is -3.53. The number of benzene rings is 2. The van der Waals surface area contributed by atoms with Crippen LogP contribution in [0.1, 0.15) is 23.7 Å². The first-order valence-electron chi connectivity index (χ1n) is 7.20. The van der Waals surface area contributed by atoms with Crippen LogP contribution in [0.5, 0.6) is 0 Å². The van der Waals surface area contributed by atoms with Crippen molar-refractivity contribution in [2.24, 2.45) is 0 Å². The van der Waals surface area contributed by atoms with Crippen molar-refractivity contribution < 1.29 is 13.2 Å². The Morgan fingerprint density at radius 2 is 1.75 bits per heavy atom. The van der Waals surface area contributed by atoms with Gasteiger partial charge in [0, 0.05) is 12.2 Å². The van der Waals surface area contributed by atoms with Gasteiger partial charge >= 0.3 is 0 Å². The summed E-state index contributed by atoms with van der Waals surface area (Å²) in [6.07, 6.45) is 0.702. The molecule has 0 bridgehead atoms. The molecule has 24 heavy (non-hydrogen) atoms. The molecular formula is C16H16Cl2N2O3S. The summed E-state index contributed by atoms with van der Waals surface area (Å²) in [4.78, 5) is 12.4. The van der Waals surface area contributed by atoms with Gasteiger partial charge in [0.15, 0.2) is 0 Å². The highest BCUT2D eigenvalue weighted by atomic mass is 35.5. The average molecular weight is 387 g/mol. The third-order valence-electron chi connectivity index (χ3n) is 3.16. The summed E-state index contributed by atoms with van der Waals surface area (Å²) in [5.74, 6) is -0.429. The summed E-state index contributed by atoms with van der Waals surface area (Å²) in [7, 11) is -3.53. The molecule has 2 rings (SSSR count). The van der Waals surface area contributed by atoms with Crippen LogP contribution >= 0.6 is 23.2 Å². The zero-order valence-electron chi connectivity index (χ0n) is 12.8. The Hall–Kier alpha value is -1.60. The van der Waals surface area contributed by atoms with Crippen LogP contribution in [-0.4, -0.2) is 20.9 Å². The van der Waals surface area contributed by atoms with Gasteiger partial charge in [-0.25, -0.2) is 13.1 Å². The lowest BCUT2D eigenvalue weighted by Crippen LogP contribution is -2.24. The summed E-state index contributed by atoms with van der Waals surface area (Å²) >= 11 is 11.9. The van der Waals surface area contributed by atoms with Gasteiger partial charge in [0.2, 0.25) is 10.0 Å². The summed E-state index contributed by atoms with van der Waals surface area (Å²) in [6, 6.07) is 10.6. The van der Waals surface area contributed by atoms with Crippen molar-refractivity contribution in [1.82, 2.24) is 4.72 Å². The van der Waals surface area contributed by atoms with E-state index < -0.39 is 15.9 Å². The van der Waals surface area contributed by atoms with Crippen molar-refractivity contribution >= 4 is 44.8 Å². The smallest absolute Gasteiger partial charge is 0.257 e. The first-order valence-corrected chi connectivity index (χ1v) is 9.44. The molecule has 0 unspecified atom stereocenters. The van der Waals surface area contributed by atoms with Crippen LogP contribution < -0.4 is 10.0 Å². The van der Waals surface area contributed by atoms with Crippen LogP contribution in [0.2, 0.25) is 10.0 Å². The number of rotatable bonds is 6. The molecule has 0 spiro atoms. The molecule has 0 atom stereocenters. The van der Waals surface area contributed by atoms with Crippen molar-refractivity contribution in [1.29, 1.82) is 0 Å². The second-order valence-electron chi connectivity index (χ2n) is 4.98. The summed E-state index contributed by atoms with van der Waals surface area (Å²) < 4.78 is 26.5. The van der Waals surface area contributed by atoms with Gasteiger partial charge in [0.25, 0.3) is 5.91 Å². The monoisotopic (exact) mass is 386 g/mol. The van der Waals surface area contributed by atoms with Crippen molar-refractivity contribution in [3.8, 4) is 0 Å². The quantitative estimate of drug-likeness (QED) is 0.789. The molecule has 5 nitrogen and oxygen atoms in total. The summed E-state index contributed by atoms with van der Waals surface area (Å²) in [5, 5.41) is 3.10. The van der Waals surface area contributed by atoms with Gasteiger partial charge in [-0.3, -0.25) is 4.79 Å². The Morgan fingerprint density at radius 1 is 1.08 bits per heavy atom. The van der Waals surface area contributed by atoms with Crippen LogP contribution in [0.25, 0.3) is 0 Å². The van der Waals surface area contributed by atoms with Crippen LogP contribution in [0.15, 0.2) is 47.4 Å². The van der Waals surface area contributed by atoms with Gasteiger partial charge < -0.3 is 5.32 Å². The number of amides is 1. The van der Waals surface area contributed by atoms with E-state index in [4.69, 9.17) is 23.2 Å². The molecule has 0 radical (unpaired) electrons. The van der Waals surface area contributed by atoms with E-state index in [-0.39, 0.29) is 20.5 Å².